The first-order chi connectivity index (χ1) is 14.6. The number of hydrogen-bond donors (Lipinski definition) is 1. The molecule has 1 N–H and O–H groups in total. The molecule has 2 aliphatic rings. The van der Waals surface area contributed by atoms with Crippen LogP contribution in [0.4, 0.5) is 11.5 Å². The highest BCUT2D eigenvalue weighted by atomic mass is 16.2. The maximum absolute atomic E-state index is 13.4. The minimum Gasteiger partial charge on any atom is -0.342 e. The minimum absolute atomic E-state index is 0.0788. The van der Waals surface area contributed by atoms with Gasteiger partial charge in [-0.2, -0.15) is 0 Å². The molecule has 0 fully saturated rings. The normalized spacial score (nSPS) is 18.0. The van der Waals surface area contributed by atoms with Crippen molar-refractivity contribution in [2.45, 2.75) is 45.6 Å². The number of aryl methyl sites for hydroxylation is 1. The van der Waals surface area contributed by atoms with E-state index in [0.717, 1.165) is 27.9 Å². The predicted molar refractivity (Wildman–Crippen MR) is 117 cm³/mol. The highest BCUT2D eigenvalue weighted by Crippen LogP contribution is 2.46. The second kappa shape index (κ2) is 6.20. The molecule has 4 heterocycles. The van der Waals surface area contributed by atoms with Gasteiger partial charge in [-0.3, -0.25) is 14.5 Å². The molecule has 31 heavy (non-hydrogen) atoms. The summed E-state index contributed by atoms with van der Waals surface area (Å²) in [6.45, 7) is 9.53. The number of nitrogens with one attached hydrogen (secondary N) is 1. The third-order valence-electron chi connectivity index (χ3n) is 6.19. The molecule has 2 amide bonds. The second-order valence-corrected chi connectivity index (χ2v) is 9.16. The van der Waals surface area contributed by atoms with E-state index in [1.165, 1.54) is 0 Å². The summed E-state index contributed by atoms with van der Waals surface area (Å²) in [5, 5.41) is 2.94. The van der Waals surface area contributed by atoms with E-state index in [4.69, 9.17) is 0 Å². The first kappa shape index (κ1) is 19.4. The zero-order valence-corrected chi connectivity index (χ0v) is 18.1. The van der Waals surface area contributed by atoms with Gasteiger partial charge in [-0.1, -0.05) is 18.2 Å². The number of amides is 2. The Morgan fingerprint density at radius 2 is 1.58 bits per heavy atom. The predicted octanol–water partition coefficient (Wildman–Crippen LogP) is 3.78. The van der Waals surface area contributed by atoms with Crippen LogP contribution in [-0.4, -0.2) is 26.8 Å². The van der Waals surface area contributed by atoms with Gasteiger partial charge in [0.1, 0.15) is 17.3 Å². The fourth-order valence-electron chi connectivity index (χ4n) is 4.36. The van der Waals surface area contributed by atoms with E-state index in [-0.39, 0.29) is 11.8 Å². The van der Waals surface area contributed by atoms with Crippen molar-refractivity contribution in [1.82, 2.24) is 20.3 Å². The molecule has 7 nitrogen and oxygen atoms in total. The van der Waals surface area contributed by atoms with Crippen LogP contribution in [0.5, 0.6) is 0 Å². The topological polar surface area (TPSA) is 88.1 Å². The van der Waals surface area contributed by atoms with Gasteiger partial charge in [0.25, 0.3) is 5.91 Å². The monoisotopic (exact) mass is 413 g/mol. The molecule has 7 heteroatoms. The highest BCUT2D eigenvalue weighted by molar-refractivity contribution is 6.12. The van der Waals surface area contributed by atoms with Crippen LogP contribution in [0, 0.1) is 6.92 Å². The third-order valence-corrected chi connectivity index (χ3v) is 6.19. The molecular formula is C24H23N5O2. The molecule has 0 saturated carbocycles. The Kier molecular flexibility index (Phi) is 3.87. The van der Waals surface area contributed by atoms with E-state index >= 15 is 0 Å². The summed E-state index contributed by atoms with van der Waals surface area (Å²) in [6.07, 6.45) is 3.55. The fraction of sp³-hybridized carbons (Fsp3) is 0.292. The van der Waals surface area contributed by atoms with Gasteiger partial charge in [0.05, 0.1) is 16.6 Å². The lowest BCUT2D eigenvalue weighted by molar-refractivity contribution is -0.121. The SMILES string of the molecule is Cc1ncc(-c2ccc3c(c2)N(c2ccc4c(n2)C(=O)NC4(C)C)C(=O)C3(C)C)cn1. The summed E-state index contributed by atoms with van der Waals surface area (Å²) in [5.74, 6) is 0.843. The van der Waals surface area contributed by atoms with Crippen LogP contribution < -0.4 is 10.2 Å². The maximum atomic E-state index is 13.4. The lowest BCUT2D eigenvalue weighted by Crippen LogP contribution is -2.33. The van der Waals surface area contributed by atoms with Gasteiger partial charge >= 0.3 is 0 Å². The number of hydrogen-bond acceptors (Lipinski definition) is 5. The highest BCUT2D eigenvalue weighted by Gasteiger charge is 2.46. The zero-order valence-electron chi connectivity index (χ0n) is 18.1. The molecule has 0 saturated heterocycles. The molecule has 0 radical (unpaired) electrons. The summed E-state index contributed by atoms with van der Waals surface area (Å²) in [7, 11) is 0. The van der Waals surface area contributed by atoms with Crippen molar-refractivity contribution >= 4 is 23.3 Å². The summed E-state index contributed by atoms with van der Waals surface area (Å²) in [4.78, 5) is 40.7. The van der Waals surface area contributed by atoms with Crippen molar-refractivity contribution < 1.29 is 9.59 Å². The van der Waals surface area contributed by atoms with Crippen LogP contribution in [0.1, 0.15) is 55.1 Å². The summed E-state index contributed by atoms with van der Waals surface area (Å²) in [5.41, 5.74) is 3.47. The van der Waals surface area contributed by atoms with Crippen LogP contribution in [-0.2, 0) is 15.7 Å². The van der Waals surface area contributed by atoms with Crippen LogP contribution in [0.15, 0.2) is 42.7 Å². The van der Waals surface area contributed by atoms with Crippen LogP contribution in [0.2, 0.25) is 0 Å². The molecule has 3 aromatic rings. The number of pyridine rings is 1. The molecule has 2 aromatic heterocycles. The minimum atomic E-state index is -0.708. The number of carbonyl (C=O) groups excluding carboxylic acids is 2. The Bertz CT molecular complexity index is 1260. The molecule has 0 unspecified atom stereocenters. The second-order valence-electron chi connectivity index (χ2n) is 9.16. The molecule has 0 atom stereocenters. The summed E-state index contributed by atoms with van der Waals surface area (Å²) >= 11 is 0. The van der Waals surface area contributed by atoms with Crippen molar-refractivity contribution in [1.29, 1.82) is 0 Å². The number of rotatable bonds is 2. The smallest absolute Gasteiger partial charge is 0.271 e. The summed E-state index contributed by atoms with van der Waals surface area (Å²) < 4.78 is 0. The third kappa shape index (κ3) is 2.76. The zero-order chi connectivity index (χ0) is 22.1. The molecule has 0 bridgehead atoms. The van der Waals surface area contributed by atoms with Crippen molar-refractivity contribution in [3.8, 4) is 11.1 Å². The lowest BCUT2D eigenvalue weighted by atomic mass is 9.85. The van der Waals surface area contributed by atoms with E-state index < -0.39 is 11.0 Å². The average molecular weight is 413 g/mol. The Balaban J connectivity index is 1.66. The molecule has 0 aliphatic carbocycles. The van der Waals surface area contributed by atoms with Gasteiger partial charge in [-0.15, -0.1) is 0 Å². The van der Waals surface area contributed by atoms with E-state index in [1.807, 2.05) is 65.0 Å². The van der Waals surface area contributed by atoms with Crippen molar-refractivity contribution in [2.75, 3.05) is 4.90 Å². The molecular weight excluding hydrogens is 390 g/mol. The van der Waals surface area contributed by atoms with E-state index in [2.05, 4.69) is 20.3 Å². The average Bonchev–Trinajstić information content (AvgIpc) is 3.08. The number of fused-ring (bicyclic) bond motifs is 2. The Morgan fingerprint density at radius 1 is 0.903 bits per heavy atom. The number of anilines is 2. The number of benzene rings is 1. The summed E-state index contributed by atoms with van der Waals surface area (Å²) in [6, 6.07) is 9.62. The maximum Gasteiger partial charge on any atom is 0.271 e. The Labute approximate surface area is 180 Å². The molecule has 1 aromatic carbocycles. The van der Waals surface area contributed by atoms with Crippen molar-refractivity contribution in [3.05, 3.63) is 65.4 Å². The van der Waals surface area contributed by atoms with E-state index in [1.54, 1.807) is 17.3 Å². The number of nitrogens with zero attached hydrogens (tertiary/aromatic N) is 4. The van der Waals surface area contributed by atoms with Gasteiger partial charge in [-0.05, 0) is 57.9 Å². The number of carbonyl (C=O) groups is 2. The molecule has 0 spiro atoms. The standard InChI is InChI=1S/C24H23N5O2/c1-13-25-11-15(12-26-13)14-6-7-16-18(10-14)29(22(31)23(16,2)3)19-9-8-17-20(27-19)21(30)28-24(17,4)5/h6-12H,1-5H3,(H,28,30). The van der Waals surface area contributed by atoms with Gasteiger partial charge < -0.3 is 5.32 Å². The van der Waals surface area contributed by atoms with Gasteiger partial charge in [-0.25, -0.2) is 15.0 Å². The van der Waals surface area contributed by atoms with Gasteiger partial charge in [0, 0.05) is 23.5 Å². The van der Waals surface area contributed by atoms with E-state index in [9.17, 15) is 9.59 Å². The Morgan fingerprint density at radius 3 is 2.29 bits per heavy atom. The van der Waals surface area contributed by atoms with Crippen LogP contribution in [0.3, 0.4) is 0 Å². The molecule has 2 aliphatic heterocycles. The van der Waals surface area contributed by atoms with Gasteiger partial charge in [0.15, 0.2) is 0 Å². The lowest BCUT2D eigenvalue weighted by Gasteiger charge is -2.21. The first-order valence-electron chi connectivity index (χ1n) is 10.2. The molecule has 5 rings (SSSR count). The molecule has 156 valence electrons. The van der Waals surface area contributed by atoms with Crippen molar-refractivity contribution in [2.24, 2.45) is 0 Å². The fourth-order valence-corrected chi connectivity index (χ4v) is 4.36. The van der Waals surface area contributed by atoms with Gasteiger partial charge in [0.2, 0.25) is 5.91 Å². The quantitative estimate of drug-likeness (QED) is 0.691. The number of aromatic nitrogens is 3. The first-order valence-corrected chi connectivity index (χ1v) is 10.2. The largest absolute Gasteiger partial charge is 0.342 e. The van der Waals surface area contributed by atoms with Crippen molar-refractivity contribution in [3.63, 3.8) is 0 Å². The van der Waals surface area contributed by atoms with E-state index in [0.29, 0.717) is 17.3 Å². The Hall–Kier alpha value is -3.61. The van der Waals surface area contributed by atoms with Crippen LogP contribution in [0.25, 0.3) is 11.1 Å². The van der Waals surface area contributed by atoms with Crippen LogP contribution >= 0.6 is 0 Å².